The highest BCUT2D eigenvalue weighted by Gasteiger charge is 2.27. The molecule has 0 spiro atoms. The molecule has 0 radical (unpaired) electrons. The third-order valence-electron chi connectivity index (χ3n) is 4.80. The average molecular weight is 425 g/mol. The molecule has 0 bridgehead atoms. The van der Waals surface area contributed by atoms with Crippen molar-refractivity contribution in [2.75, 3.05) is 13.2 Å². The Morgan fingerprint density at radius 1 is 1.00 bits per heavy atom. The largest absolute Gasteiger partial charge is 0.348 e. The van der Waals surface area contributed by atoms with Crippen LogP contribution in [0.2, 0.25) is 0 Å². The summed E-state index contributed by atoms with van der Waals surface area (Å²) >= 11 is 4.25. The summed E-state index contributed by atoms with van der Waals surface area (Å²) in [6, 6.07) is 5.80. The summed E-state index contributed by atoms with van der Waals surface area (Å²) < 4.78 is 68.3. The summed E-state index contributed by atoms with van der Waals surface area (Å²) in [6.07, 6.45) is 2.65. The smallest absolute Gasteiger partial charge is 0.189 e. The molecule has 0 saturated carbocycles. The van der Waals surface area contributed by atoms with Crippen LogP contribution in [0.3, 0.4) is 0 Å². The van der Waals surface area contributed by atoms with E-state index in [2.05, 4.69) is 24.1 Å². The van der Waals surface area contributed by atoms with E-state index < -0.39 is 40.8 Å². The zero-order valence-electron chi connectivity index (χ0n) is 15.7. The summed E-state index contributed by atoms with van der Waals surface area (Å²) in [5.74, 6) is -6.02. The van der Waals surface area contributed by atoms with Crippen molar-refractivity contribution in [1.29, 1.82) is 0 Å². The molecule has 1 fully saturated rings. The Hall–Kier alpha value is -2.12. The second kappa shape index (κ2) is 9.59. The van der Waals surface area contributed by atoms with Crippen LogP contribution >= 0.6 is 12.2 Å². The first-order valence-corrected chi connectivity index (χ1v) is 9.66. The summed E-state index contributed by atoms with van der Waals surface area (Å²) in [6.45, 7) is 3.25. The Bertz CT molecular complexity index is 892. The van der Waals surface area contributed by atoms with E-state index in [-0.39, 0.29) is 5.56 Å². The molecule has 3 nitrogen and oxygen atoms in total. The normalized spacial score (nSPS) is 19.1. The standard InChI is InChI=1S/C21H19F4NO2S/c1-2-3-4-12-9-27-21(28-10-12)14-7-5-13(6-8-14)15-16(22)18(24)20(26-11-29)19(25)17(15)23/h5-8,12,21H,2-4,9-10H2,1H3. The molecule has 1 aliphatic rings. The van der Waals surface area contributed by atoms with Crippen molar-refractivity contribution in [1.82, 2.24) is 0 Å². The van der Waals surface area contributed by atoms with E-state index in [9.17, 15) is 17.6 Å². The fraction of sp³-hybridized carbons (Fsp3) is 0.381. The third kappa shape index (κ3) is 4.56. The molecule has 0 amide bonds. The molecule has 0 aliphatic carbocycles. The number of aliphatic imine (C=N–C) groups is 1. The van der Waals surface area contributed by atoms with Crippen LogP contribution in [0.1, 0.15) is 38.0 Å². The highest BCUT2D eigenvalue weighted by molar-refractivity contribution is 7.78. The van der Waals surface area contributed by atoms with E-state index in [1.807, 2.05) is 0 Å². The Kier molecular flexibility index (Phi) is 7.14. The summed E-state index contributed by atoms with van der Waals surface area (Å²) in [5.41, 5.74) is -1.35. The van der Waals surface area contributed by atoms with Gasteiger partial charge in [0.25, 0.3) is 0 Å². The molecule has 154 valence electrons. The molecule has 0 unspecified atom stereocenters. The lowest BCUT2D eigenvalue weighted by molar-refractivity contribution is -0.206. The predicted octanol–water partition coefficient (Wildman–Crippen LogP) is 6.50. The summed E-state index contributed by atoms with van der Waals surface area (Å²) in [4.78, 5) is 3.06. The fourth-order valence-electron chi connectivity index (χ4n) is 3.22. The fourth-order valence-corrected chi connectivity index (χ4v) is 3.31. The van der Waals surface area contributed by atoms with Gasteiger partial charge in [-0.25, -0.2) is 17.6 Å². The molecule has 0 aromatic heterocycles. The number of nitrogens with zero attached hydrogens (tertiary/aromatic N) is 1. The lowest BCUT2D eigenvalue weighted by atomic mass is 10.0. The van der Waals surface area contributed by atoms with Crippen molar-refractivity contribution in [3.05, 3.63) is 53.1 Å². The van der Waals surface area contributed by atoms with Gasteiger partial charge in [-0.1, -0.05) is 44.0 Å². The highest BCUT2D eigenvalue weighted by Crippen LogP contribution is 2.36. The number of unbranched alkanes of at least 4 members (excludes halogenated alkanes) is 1. The van der Waals surface area contributed by atoms with Gasteiger partial charge < -0.3 is 9.47 Å². The van der Waals surface area contributed by atoms with Gasteiger partial charge in [-0.15, -0.1) is 0 Å². The van der Waals surface area contributed by atoms with Crippen molar-refractivity contribution in [3.63, 3.8) is 0 Å². The predicted molar refractivity (Wildman–Crippen MR) is 104 cm³/mol. The van der Waals surface area contributed by atoms with Crippen LogP contribution in [-0.4, -0.2) is 18.4 Å². The average Bonchev–Trinajstić information content (AvgIpc) is 2.75. The number of rotatable bonds is 6. The Morgan fingerprint density at radius 2 is 1.59 bits per heavy atom. The molecule has 8 heteroatoms. The van der Waals surface area contributed by atoms with Crippen molar-refractivity contribution >= 4 is 23.1 Å². The van der Waals surface area contributed by atoms with Gasteiger partial charge in [0.15, 0.2) is 35.2 Å². The van der Waals surface area contributed by atoms with Crippen LogP contribution in [0.5, 0.6) is 0 Å². The minimum absolute atomic E-state index is 0.0314. The van der Waals surface area contributed by atoms with Crippen molar-refractivity contribution in [3.8, 4) is 11.1 Å². The van der Waals surface area contributed by atoms with E-state index in [0.717, 1.165) is 19.3 Å². The molecule has 1 aliphatic heterocycles. The number of hydrogen-bond donors (Lipinski definition) is 0. The number of halogens is 4. The van der Waals surface area contributed by atoms with Crippen LogP contribution in [-0.2, 0) is 9.47 Å². The number of benzene rings is 2. The first-order valence-electron chi connectivity index (χ1n) is 9.25. The quantitative estimate of drug-likeness (QED) is 0.229. The topological polar surface area (TPSA) is 30.8 Å². The van der Waals surface area contributed by atoms with Gasteiger partial charge >= 0.3 is 0 Å². The molecule has 0 N–H and O–H groups in total. The second-order valence-electron chi connectivity index (χ2n) is 6.81. The van der Waals surface area contributed by atoms with Gasteiger partial charge in [-0.2, -0.15) is 4.99 Å². The SMILES string of the molecule is CCCCC1COC(c2ccc(-c3c(F)c(F)c(N=C=S)c(F)c3F)cc2)OC1. The Morgan fingerprint density at radius 3 is 2.10 bits per heavy atom. The Balaban J connectivity index is 1.82. The number of thiocarbonyl (C=S) groups is 1. The van der Waals surface area contributed by atoms with Gasteiger partial charge in [0.2, 0.25) is 0 Å². The van der Waals surface area contributed by atoms with Crippen LogP contribution in [0.15, 0.2) is 29.3 Å². The lowest BCUT2D eigenvalue weighted by Gasteiger charge is -2.29. The first-order chi connectivity index (χ1) is 14.0. The minimum Gasteiger partial charge on any atom is -0.348 e. The number of isothiocyanates is 1. The molecule has 0 atom stereocenters. The molecule has 2 aromatic rings. The molecule has 29 heavy (non-hydrogen) atoms. The van der Waals surface area contributed by atoms with Gasteiger partial charge in [0.1, 0.15) is 0 Å². The van der Waals surface area contributed by atoms with Gasteiger partial charge in [-0.3, -0.25) is 0 Å². The monoisotopic (exact) mass is 425 g/mol. The third-order valence-corrected chi connectivity index (χ3v) is 4.89. The molecule has 1 heterocycles. The van der Waals surface area contributed by atoms with E-state index in [1.165, 1.54) is 12.1 Å². The van der Waals surface area contributed by atoms with E-state index >= 15 is 0 Å². The second-order valence-corrected chi connectivity index (χ2v) is 6.99. The van der Waals surface area contributed by atoms with Crippen LogP contribution in [0, 0.1) is 29.2 Å². The summed E-state index contributed by atoms with van der Waals surface area (Å²) in [7, 11) is 0. The lowest BCUT2D eigenvalue weighted by Crippen LogP contribution is -2.27. The molecule has 1 saturated heterocycles. The maximum Gasteiger partial charge on any atom is 0.189 e. The van der Waals surface area contributed by atoms with Crippen LogP contribution in [0.4, 0.5) is 23.2 Å². The Labute approximate surface area is 171 Å². The first kappa shape index (κ1) is 21.6. The van der Waals surface area contributed by atoms with Gasteiger partial charge in [0.05, 0.1) is 23.9 Å². The minimum atomic E-state index is -1.63. The molecule has 3 rings (SSSR count). The van der Waals surface area contributed by atoms with Crippen LogP contribution < -0.4 is 0 Å². The van der Waals surface area contributed by atoms with E-state index in [0.29, 0.717) is 24.7 Å². The number of hydrogen-bond acceptors (Lipinski definition) is 4. The van der Waals surface area contributed by atoms with Gasteiger partial charge in [0, 0.05) is 11.5 Å². The summed E-state index contributed by atoms with van der Waals surface area (Å²) in [5, 5.41) is 1.70. The van der Waals surface area contributed by atoms with E-state index in [4.69, 9.17) is 9.47 Å². The molecular formula is C21H19F4NO2S. The zero-order chi connectivity index (χ0) is 21.0. The molecular weight excluding hydrogens is 406 g/mol. The number of ether oxygens (including phenoxy) is 2. The zero-order valence-corrected chi connectivity index (χ0v) is 16.5. The molecule has 2 aromatic carbocycles. The van der Waals surface area contributed by atoms with Crippen molar-refractivity contribution < 1.29 is 27.0 Å². The van der Waals surface area contributed by atoms with Crippen molar-refractivity contribution in [2.45, 2.75) is 32.5 Å². The van der Waals surface area contributed by atoms with Crippen LogP contribution in [0.25, 0.3) is 11.1 Å². The van der Waals surface area contributed by atoms with E-state index in [1.54, 1.807) is 17.3 Å². The maximum absolute atomic E-state index is 14.4. The highest BCUT2D eigenvalue weighted by atomic mass is 32.1. The maximum atomic E-state index is 14.4. The van der Waals surface area contributed by atoms with Gasteiger partial charge in [-0.05, 0) is 24.2 Å². The van der Waals surface area contributed by atoms with Crippen molar-refractivity contribution in [2.24, 2.45) is 10.9 Å².